The van der Waals surface area contributed by atoms with Gasteiger partial charge in [0.25, 0.3) is 0 Å². The molecule has 3 aromatic rings. The molecule has 0 aliphatic carbocycles. The second-order valence-electron chi connectivity index (χ2n) is 4.40. The summed E-state index contributed by atoms with van der Waals surface area (Å²) in [6.45, 7) is 0. The fraction of sp³-hybridized carbons (Fsp3) is 0.0714. The van der Waals surface area contributed by atoms with E-state index in [1.165, 1.54) is 24.3 Å². The molecule has 1 aromatic heterocycles. The van der Waals surface area contributed by atoms with Crippen molar-refractivity contribution in [3.63, 3.8) is 0 Å². The van der Waals surface area contributed by atoms with Crippen molar-refractivity contribution in [3.05, 3.63) is 42.0 Å². The first-order chi connectivity index (χ1) is 9.84. The van der Waals surface area contributed by atoms with Crippen LogP contribution in [0.25, 0.3) is 19.9 Å². The predicted octanol–water partition coefficient (Wildman–Crippen LogP) is 3.39. The molecule has 0 spiro atoms. The zero-order chi connectivity index (χ0) is 15.2. The maximum absolute atomic E-state index is 13.1. The Bertz CT molecular complexity index is 827. The van der Waals surface area contributed by atoms with Gasteiger partial charge < -0.3 is 0 Å². The molecule has 21 heavy (non-hydrogen) atoms. The number of nitrogens with zero attached hydrogens (tertiary/aromatic N) is 1. The first-order valence-corrected chi connectivity index (χ1v) is 7.56. The molecule has 0 radical (unpaired) electrons. The summed E-state index contributed by atoms with van der Waals surface area (Å²) in [4.78, 5) is 4.22. The molecule has 0 aliphatic heterocycles. The van der Waals surface area contributed by atoms with E-state index < -0.39 is 32.0 Å². The van der Waals surface area contributed by atoms with Gasteiger partial charge in [-0.1, -0.05) is 0 Å². The van der Waals surface area contributed by atoms with Crippen molar-refractivity contribution in [1.29, 1.82) is 0 Å². The third-order valence-electron chi connectivity index (χ3n) is 2.91. The SMILES string of the molecule is Oc1ccc(-c2nc3ccc(O)cc3[se]2)c(C(F)(F)F)c1. The summed E-state index contributed by atoms with van der Waals surface area (Å²) in [5.74, 6) is -0.374. The fourth-order valence-corrected chi connectivity index (χ4v) is 4.16. The molecule has 3 rings (SSSR count). The summed E-state index contributed by atoms with van der Waals surface area (Å²) >= 11 is -0.426. The average molecular weight is 358 g/mol. The van der Waals surface area contributed by atoms with Crippen LogP contribution in [-0.4, -0.2) is 29.7 Å². The molecule has 0 amide bonds. The van der Waals surface area contributed by atoms with Crippen LogP contribution in [0.5, 0.6) is 11.5 Å². The van der Waals surface area contributed by atoms with Crippen molar-refractivity contribution in [2.45, 2.75) is 6.18 Å². The normalized spacial score (nSPS) is 12.0. The van der Waals surface area contributed by atoms with E-state index in [9.17, 15) is 23.4 Å². The number of phenolic OH excluding ortho intramolecular Hbond substituents is 2. The molecule has 0 aliphatic rings. The van der Waals surface area contributed by atoms with E-state index in [0.717, 1.165) is 4.26 Å². The van der Waals surface area contributed by atoms with E-state index in [4.69, 9.17) is 0 Å². The van der Waals surface area contributed by atoms with E-state index in [2.05, 4.69) is 4.98 Å². The number of fused-ring (bicyclic) bond motifs is 1. The number of aromatic hydroxyl groups is 2. The maximum atomic E-state index is 13.1. The van der Waals surface area contributed by atoms with Gasteiger partial charge in [0.05, 0.1) is 0 Å². The fourth-order valence-electron chi connectivity index (χ4n) is 1.98. The Morgan fingerprint density at radius 3 is 2.33 bits per heavy atom. The van der Waals surface area contributed by atoms with Crippen LogP contribution in [-0.2, 0) is 6.18 Å². The Morgan fingerprint density at radius 2 is 1.62 bits per heavy atom. The summed E-state index contributed by atoms with van der Waals surface area (Å²) in [5.41, 5.74) is -0.361. The topological polar surface area (TPSA) is 53.4 Å². The quantitative estimate of drug-likeness (QED) is 0.656. The van der Waals surface area contributed by atoms with Crippen molar-refractivity contribution < 1.29 is 23.4 Å². The van der Waals surface area contributed by atoms with Crippen LogP contribution in [0.15, 0.2) is 36.4 Å². The summed E-state index contributed by atoms with van der Waals surface area (Å²) in [5, 5.41) is 18.7. The number of halogens is 3. The molecule has 108 valence electrons. The van der Waals surface area contributed by atoms with Gasteiger partial charge in [0.15, 0.2) is 0 Å². The molecule has 7 heteroatoms. The Hall–Kier alpha value is -1.98. The summed E-state index contributed by atoms with van der Waals surface area (Å²) in [6, 6.07) is 7.68. The standard InChI is InChI=1S/C14H8F3NO2Se/c15-14(16,17)10-5-7(19)1-3-9(10)13-18-11-4-2-8(20)6-12(11)21-13/h1-6,19-20H. The van der Waals surface area contributed by atoms with Crippen LogP contribution in [0.4, 0.5) is 13.2 Å². The van der Waals surface area contributed by atoms with Gasteiger partial charge in [-0.25, -0.2) is 0 Å². The molecule has 0 saturated carbocycles. The molecule has 0 fully saturated rings. The van der Waals surface area contributed by atoms with Gasteiger partial charge in [-0.3, -0.25) is 0 Å². The Kier molecular flexibility index (Phi) is 3.19. The molecule has 2 N–H and O–H groups in total. The van der Waals surface area contributed by atoms with Crippen molar-refractivity contribution in [2.24, 2.45) is 0 Å². The number of hydrogen-bond donors (Lipinski definition) is 2. The molecular formula is C14H8F3NO2Se. The first-order valence-electron chi connectivity index (χ1n) is 5.85. The summed E-state index contributed by atoms with van der Waals surface area (Å²) in [6.07, 6.45) is -4.57. The van der Waals surface area contributed by atoms with Crippen molar-refractivity contribution in [1.82, 2.24) is 4.98 Å². The van der Waals surface area contributed by atoms with Crippen LogP contribution in [0, 0.1) is 0 Å². The minimum atomic E-state index is -4.57. The minimum absolute atomic E-state index is 0.0315. The molecule has 1 heterocycles. The van der Waals surface area contributed by atoms with E-state index in [1.54, 1.807) is 6.07 Å². The van der Waals surface area contributed by atoms with Gasteiger partial charge in [0, 0.05) is 0 Å². The number of phenols is 2. The summed E-state index contributed by atoms with van der Waals surface area (Å²) in [7, 11) is 0. The molecule has 3 nitrogen and oxygen atoms in total. The van der Waals surface area contributed by atoms with Crippen LogP contribution >= 0.6 is 0 Å². The molecule has 0 saturated heterocycles. The molecule has 0 bridgehead atoms. The molecule has 2 aromatic carbocycles. The number of hydrogen-bond acceptors (Lipinski definition) is 3. The van der Waals surface area contributed by atoms with Crippen LogP contribution in [0.3, 0.4) is 0 Å². The van der Waals surface area contributed by atoms with E-state index in [-0.39, 0.29) is 11.3 Å². The van der Waals surface area contributed by atoms with Gasteiger partial charge in [0.1, 0.15) is 0 Å². The van der Waals surface area contributed by atoms with E-state index >= 15 is 0 Å². The van der Waals surface area contributed by atoms with E-state index in [0.29, 0.717) is 16.2 Å². The van der Waals surface area contributed by atoms with Crippen LogP contribution in [0.2, 0.25) is 0 Å². The Morgan fingerprint density at radius 1 is 0.952 bits per heavy atom. The average Bonchev–Trinajstić information content (AvgIpc) is 2.80. The number of benzene rings is 2. The van der Waals surface area contributed by atoms with Crippen molar-refractivity contribution in [3.8, 4) is 21.6 Å². The van der Waals surface area contributed by atoms with Crippen molar-refractivity contribution >= 4 is 24.3 Å². The van der Waals surface area contributed by atoms with Gasteiger partial charge in [-0.05, 0) is 0 Å². The molecule has 0 unspecified atom stereocenters. The number of aromatic nitrogens is 1. The third-order valence-corrected chi connectivity index (χ3v) is 5.12. The molecular weight excluding hydrogens is 350 g/mol. The summed E-state index contributed by atoms with van der Waals surface area (Å²) < 4.78 is 40.3. The Balaban J connectivity index is 2.22. The Labute approximate surface area is 123 Å². The number of alkyl halides is 3. The van der Waals surface area contributed by atoms with Crippen LogP contribution < -0.4 is 0 Å². The zero-order valence-corrected chi connectivity index (χ0v) is 12.1. The third kappa shape index (κ3) is 2.62. The number of rotatable bonds is 1. The second-order valence-corrected chi connectivity index (χ2v) is 6.56. The van der Waals surface area contributed by atoms with Crippen LogP contribution in [0.1, 0.15) is 5.56 Å². The second kappa shape index (κ2) is 4.79. The van der Waals surface area contributed by atoms with E-state index in [1.807, 2.05) is 0 Å². The zero-order valence-electron chi connectivity index (χ0n) is 10.3. The first kappa shape index (κ1) is 14.0. The predicted molar refractivity (Wildman–Crippen MR) is 72.5 cm³/mol. The van der Waals surface area contributed by atoms with Gasteiger partial charge in [-0.2, -0.15) is 0 Å². The van der Waals surface area contributed by atoms with Gasteiger partial charge in [-0.15, -0.1) is 0 Å². The molecule has 0 atom stereocenters. The van der Waals surface area contributed by atoms with Gasteiger partial charge in [0.2, 0.25) is 0 Å². The van der Waals surface area contributed by atoms with Crippen molar-refractivity contribution in [2.75, 3.05) is 0 Å². The van der Waals surface area contributed by atoms with Gasteiger partial charge >= 0.3 is 122 Å². The monoisotopic (exact) mass is 359 g/mol.